The van der Waals surface area contributed by atoms with Crippen LogP contribution in [0.4, 0.5) is 4.39 Å². The quantitative estimate of drug-likeness (QED) is 0.878. The second-order valence-electron chi connectivity index (χ2n) is 6.26. The molecule has 7 heteroatoms. The molecule has 2 aromatic rings. The van der Waals surface area contributed by atoms with Gasteiger partial charge in [-0.15, -0.1) is 0 Å². The summed E-state index contributed by atoms with van der Waals surface area (Å²) in [5.74, 6) is -0.544. The minimum absolute atomic E-state index is 0.00935. The molecule has 0 saturated carbocycles. The second kappa shape index (κ2) is 7.41. The van der Waals surface area contributed by atoms with Crippen molar-refractivity contribution in [3.8, 4) is 0 Å². The van der Waals surface area contributed by atoms with Gasteiger partial charge in [-0.3, -0.25) is 0 Å². The van der Waals surface area contributed by atoms with E-state index in [0.29, 0.717) is 26.2 Å². The van der Waals surface area contributed by atoms with Crippen LogP contribution in [0.3, 0.4) is 0 Å². The van der Waals surface area contributed by atoms with E-state index < -0.39 is 15.8 Å². The Bertz CT molecular complexity index is 852. The van der Waals surface area contributed by atoms with E-state index in [4.69, 9.17) is 11.6 Å². The third kappa shape index (κ3) is 3.87. The maximum atomic E-state index is 13.4. The molecule has 1 aliphatic heterocycles. The predicted octanol–water partition coefficient (Wildman–Crippen LogP) is 2.13. The lowest BCUT2D eigenvalue weighted by molar-refractivity contribution is -0.933. The molecule has 2 aromatic carbocycles. The van der Waals surface area contributed by atoms with Gasteiger partial charge in [0.15, 0.2) is 0 Å². The predicted molar refractivity (Wildman–Crippen MR) is 95.7 cm³/mol. The molecule has 3 rings (SSSR count). The van der Waals surface area contributed by atoms with Crippen molar-refractivity contribution < 1.29 is 17.7 Å². The standard InChI is InChI=1S/C18H20ClFN2O2S/c1-14(17-7-2-3-8-18(17)19)21-9-11-22(12-10-21)25(23,24)16-6-4-5-15(20)13-16/h2-8,13-14H,9-12H2,1H3/p+1/t14-/m1/s1. The fourth-order valence-electron chi connectivity index (χ4n) is 3.27. The summed E-state index contributed by atoms with van der Waals surface area (Å²) in [6.07, 6.45) is 0. The number of rotatable bonds is 4. The largest absolute Gasteiger partial charge is 0.327 e. The molecule has 0 spiro atoms. The molecular weight excluding hydrogens is 363 g/mol. The zero-order valence-electron chi connectivity index (χ0n) is 14.0. The first-order valence-corrected chi connectivity index (χ1v) is 10.1. The van der Waals surface area contributed by atoms with Crippen molar-refractivity contribution in [2.75, 3.05) is 26.2 Å². The molecule has 1 N–H and O–H groups in total. The van der Waals surface area contributed by atoms with Crippen LogP contribution < -0.4 is 4.90 Å². The Labute approximate surface area is 152 Å². The molecule has 1 atom stereocenters. The molecule has 0 aliphatic carbocycles. The molecule has 4 nitrogen and oxygen atoms in total. The summed E-state index contributed by atoms with van der Waals surface area (Å²) in [7, 11) is -3.65. The number of benzene rings is 2. The third-order valence-electron chi connectivity index (χ3n) is 4.78. The summed E-state index contributed by atoms with van der Waals surface area (Å²) in [4.78, 5) is 1.30. The van der Waals surface area contributed by atoms with Crippen LogP contribution in [0.15, 0.2) is 53.4 Å². The van der Waals surface area contributed by atoms with Gasteiger partial charge in [0.05, 0.1) is 31.1 Å². The highest BCUT2D eigenvalue weighted by Crippen LogP contribution is 2.21. The van der Waals surface area contributed by atoms with Gasteiger partial charge in [-0.25, -0.2) is 12.8 Å². The highest BCUT2D eigenvalue weighted by Gasteiger charge is 2.33. The average Bonchev–Trinajstić information content (AvgIpc) is 2.62. The fourth-order valence-corrected chi connectivity index (χ4v) is 5.04. The number of hydrogen-bond donors (Lipinski definition) is 1. The van der Waals surface area contributed by atoms with Gasteiger partial charge >= 0.3 is 0 Å². The Morgan fingerprint density at radius 1 is 1.12 bits per heavy atom. The van der Waals surface area contributed by atoms with Crippen molar-refractivity contribution in [2.45, 2.75) is 17.9 Å². The van der Waals surface area contributed by atoms with Crippen LogP contribution in [0.25, 0.3) is 0 Å². The highest BCUT2D eigenvalue weighted by atomic mass is 35.5. The van der Waals surface area contributed by atoms with Crippen LogP contribution in [0, 0.1) is 5.82 Å². The zero-order chi connectivity index (χ0) is 18.0. The number of quaternary nitrogens is 1. The van der Waals surface area contributed by atoms with Crippen LogP contribution in [-0.2, 0) is 10.0 Å². The molecule has 134 valence electrons. The normalized spacial score (nSPS) is 18.2. The molecule has 25 heavy (non-hydrogen) atoms. The lowest BCUT2D eigenvalue weighted by atomic mass is 10.1. The maximum absolute atomic E-state index is 13.4. The summed E-state index contributed by atoms with van der Waals surface area (Å²) in [6.45, 7) is 4.28. The lowest BCUT2D eigenvalue weighted by Crippen LogP contribution is -3.14. The van der Waals surface area contributed by atoms with Crippen molar-refractivity contribution in [1.82, 2.24) is 4.31 Å². The van der Waals surface area contributed by atoms with Crippen LogP contribution >= 0.6 is 11.6 Å². The van der Waals surface area contributed by atoms with Crippen molar-refractivity contribution in [1.29, 1.82) is 0 Å². The molecule has 1 fully saturated rings. The minimum Gasteiger partial charge on any atom is -0.327 e. The number of nitrogens with zero attached hydrogens (tertiary/aromatic N) is 1. The summed E-state index contributed by atoms with van der Waals surface area (Å²) >= 11 is 6.28. The second-order valence-corrected chi connectivity index (χ2v) is 8.61. The maximum Gasteiger partial charge on any atom is 0.243 e. The Kier molecular flexibility index (Phi) is 5.43. The van der Waals surface area contributed by atoms with Crippen molar-refractivity contribution in [2.24, 2.45) is 0 Å². The van der Waals surface area contributed by atoms with E-state index in [1.807, 2.05) is 24.3 Å². The summed E-state index contributed by atoms with van der Waals surface area (Å²) in [6, 6.07) is 13.1. The molecule has 0 amide bonds. The number of halogens is 2. The molecule has 0 unspecified atom stereocenters. The summed E-state index contributed by atoms with van der Waals surface area (Å²) in [5, 5.41) is 0.734. The molecule has 1 heterocycles. The molecule has 0 aromatic heterocycles. The first-order chi connectivity index (χ1) is 11.9. The van der Waals surface area contributed by atoms with Gasteiger partial charge < -0.3 is 4.90 Å². The van der Waals surface area contributed by atoms with Crippen LogP contribution in [-0.4, -0.2) is 38.9 Å². The van der Waals surface area contributed by atoms with Crippen molar-refractivity contribution >= 4 is 21.6 Å². The first kappa shape index (κ1) is 18.3. The van der Waals surface area contributed by atoms with Crippen LogP contribution in [0.5, 0.6) is 0 Å². The number of piperazine rings is 1. The Morgan fingerprint density at radius 3 is 2.44 bits per heavy atom. The third-order valence-corrected chi connectivity index (χ3v) is 7.02. The van der Waals surface area contributed by atoms with E-state index in [0.717, 1.165) is 16.7 Å². The monoisotopic (exact) mass is 383 g/mol. The van der Waals surface area contributed by atoms with Gasteiger partial charge in [0.2, 0.25) is 10.0 Å². The summed E-state index contributed by atoms with van der Waals surface area (Å²) in [5.41, 5.74) is 1.07. The fraction of sp³-hybridized carbons (Fsp3) is 0.333. The van der Waals surface area contributed by atoms with E-state index in [1.54, 1.807) is 0 Å². The van der Waals surface area contributed by atoms with Gasteiger partial charge in [-0.1, -0.05) is 35.9 Å². The molecule has 0 bridgehead atoms. The minimum atomic E-state index is -3.65. The van der Waals surface area contributed by atoms with Crippen molar-refractivity contribution in [3.63, 3.8) is 0 Å². The Balaban J connectivity index is 1.70. The van der Waals surface area contributed by atoms with Gasteiger partial charge in [0.25, 0.3) is 0 Å². The SMILES string of the molecule is C[C@H](c1ccccc1Cl)[NH+]1CCN(S(=O)(=O)c2cccc(F)c2)CC1. The summed E-state index contributed by atoms with van der Waals surface area (Å²) < 4.78 is 40.1. The number of nitrogens with one attached hydrogen (secondary N) is 1. The van der Waals surface area contributed by atoms with Crippen molar-refractivity contribution in [3.05, 3.63) is 64.9 Å². The van der Waals surface area contributed by atoms with E-state index in [2.05, 4.69) is 6.92 Å². The molecular formula is C18H21ClFN2O2S+. The van der Waals surface area contributed by atoms with Gasteiger partial charge in [-0.05, 0) is 31.2 Å². The smallest absolute Gasteiger partial charge is 0.243 e. The average molecular weight is 384 g/mol. The van der Waals surface area contributed by atoms with Crippen LogP contribution in [0.2, 0.25) is 5.02 Å². The van der Waals surface area contributed by atoms with Gasteiger partial charge in [0, 0.05) is 10.6 Å². The number of hydrogen-bond acceptors (Lipinski definition) is 2. The van der Waals surface area contributed by atoms with Gasteiger partial charge in [0.1, 0.15) is 11.9 Å². The van der Waals surface area contributed by atoms with E-state index in [-0.39, 0.29) is 10.9 Å². The number of sulfonamides is 1. The molecule has 1 aliphatic rings. The molecule has 0 radical (unpaired) electrons. The van der Waals surface area contributed by atoms with E-state index in [1.165, 1.54) is 27.4 Å². The topological polar surface area (TPSA) is 41.8 Å². The lowest BCUT2D eigenvalue weighted by Gasteiger charge is -2.35. The zero-order valence-corrected chi connectivity index (χ0v) is 15.5. The Morgan fingerprint density at radius 2 is 1.80 bits per heavy atom. The van der Waals surface area contributed by atoms with E-state index >= 15 is 0 Å². The Hall–Kier alpha value is -1.47. The molecule has 1 saturated heterocycles. The first-order valence-electron chi connectivity index (χ1n) is 8.24. The van der Waals surface area contributed by atoms with Gasteiger partial charge in [-0.2, -0.15) is 4.31 Å². The highest BCUT2D eigenvalue weighted by molar-refractivity contribution is 7.89. The van der Waals surface area contributed by atoms with Crippen LogP contribution in [0.1, 0.15) is 18.5 Å². The van der Waals surface area contributed by atoms with E-state index in [9.17, 15) is 12.8 Å².